The molecule has 5 amide bonds. The summed E-state index contributed by atoms with van der Waals surface area (Å²) in [6.07, 6.45) is 8.11. The molecule has 2 saturated carbocycles. The molecule has 1 aromatic carbocycles. The number of pyridine rings is 1. The van der Waals surface area contributed by atoms with E-state index in [4.69, 9.17) is 9.47 Å². The minimum atomic E-state index is -4.40. The van der Waals surface area contributed by atoms with Crippen LogP contribution >= 0.6 is 0 Å². The van der Waals surface area contributed by atoms with E-state index in [-0.39, 0.29) is 36.8 Å². The van der Waals surface area contributed by atoms with Crippen molar-refractivity contribution in [1.29, 1.82) is 0 Å². The summed E-state index contributed by atoms with van der Waals surface area (Å²) in [6, 6.07) is 9.68. The number of amides is 5. The number of hydrogen-bond donors (Lipinski definition) is 4. The molecule has 2 saturated heterocycles. The van der Waals surface area contributed by atoms with E-state index in [0.29, 0.717) is 44.8 Å². The largest absolute Gasteiger partial charge is 0.446 e. The number of anilines is 2. The first-order valence-electron chi connectivity index (χ1n) is 21.2. The van der Waals surface area contributed by atoms with Gasteiger partial charge in [-0.05, 0) is 69.2 Å². The normalized spacial score (nSPS) is 28.0. The molecule has 1 spiro atoms. The fourth-order valence-corrected chi connectivity index (χ4v) is 9.95. The summed E-state index contributed by atoms with van der Waals surface area (Å²) in [7, 11) is -4.40. The molecule has 5 atom stereocenters. The van der Waals surface area contributed by atoms with Crippen molar-refractivity contribution in [3.05, 3.63) is 61.3 Å². The Kier molecular flexibility index (Phi) is 13.5. The highest BCUT2D eigenvalue weighted by Gasteiger charge is 2.61. The number of alkyl carbamates (subject to hydrolysis) is 1. The van der Waals surface area contributed by atoms with Gasteiger partial charge in [-0.15, -0.1) is 6.58 Å². The average Bonchev–Trinajstić information content (AvgIpc) is 3.49. The predicted molar refractivity (Wildman–Crippen MR) is 221 cm³/mol. The zero-order valence-electron chi connectivity index (χ0n) is 33.9. The Bertz CT molecular complexity index is 2010. The van der Waals surface area contributed by atoms with E-state index in [1.54, 1.807) is 29.3 Å². The van der Waals surface area contributed by atoms with Crippen molar-refractivity contribution >= 4 is 51.4 Å². The van der Waals surface area contributed by atoms with Gasteiger partial charge in [0.15, 0.2) is 0 Å². The van der Waals surface area contributed by atoms with Crippen LogP contribution in [0.3, 0.4) is 0 Å². The van der Waals surface area contributed by atoms with Crippen molar-refractivity contribution in [3.63, 3.8) is 0 Å². The van der Waals surface area contributed by atoms with Gasteiger partial charge in [-0.25, -0.2) is 27.7 Å². The Labute approximate surface area is 351 Å². The van der Waals surface area contributed by atoms with Gasteiger partial charge in [0, 0.05) is 51.3 Å². The summed E-state index contributed by atoms with van der Waals surface area (Å²) in [5.74, 6) is -2.02. The average molecular weight is 849 g/mol. The van der Waals surface area contributed by atoms with E-state index >= 15 is 0 Å². The second-order valence-corrected chi connectivity index (χ2v) is 18.0. The van der Waals surface area contributed by atoms with Crippen molar-refractivity contribution in [1.82, 2.24) is 30.1 Å². The topological polar surface area (TPSA) is 209 Å². The van der Waals surface area contributed by atoms with Crippen LogP contribution in [0.5, 0.6) is 0 Å². The highest BCUT2D eigenvalue weighted by Crippen LogP contribution is 2.45. The van der Waals surface area contributed by atoms with Gasteiger partial charge in [0.25, 0.3) is 15.9 Å². The smallest absolute Gasteiger partial charge is 0.410 e. The van der Waals surface area contributed by atoms with E-state index < -0.39 is 69.6 Å². The Hall–Kier alpha value is -5.39. The van der Waals surface area contributed by atoms with Gasteiger partial charge in [-0.2, -0.15) is 0 Å². The van der Waals surface area contributed by atoms with Gasteiger partial charge in [-0.1, -0.05) is 50.0 Å². The third-order valence-corrected chi connectivity index (χ3v) is 13.6. The lowest BCUT2D eigenvalue weighted by Gasteiger charge is -2.35. The molecule has 17 nitrogen and oxygen atoms in total. The zero-order valence-corrected chi connectivity index (χ0v) is 34.7. The molecule has 5 aliphatic rings. The minimum Gasteiger partial charge on any atom is -0.446 e. The van der Waals surface area contributed by atoms with E-state index in [1.807, 2.05) is 18.2 Å². The highest BCUT2D eigenvalue weighted by atomic mass is 32.2. The number of benzene rings is 1. The molecular formula is C42H56N8O9S. The third-order valence-electron chi connectivity index (χ3n) is 12.2. The van der Waals surface area contributed by atoms with Crippen molar-refractivity contribution < 1.29 is 41.9 Å². The first-order valence-corrected chi connectivity index (χ1v) is 22.7. The standard InChI is InChI=1S/C42H56N8O9S/c1-2-29-27-42(29)39(53)47-60(56,57)35-18-10-9-16-32(35)43-20-12-5-3-4-6-17-33(45-40(54)58-30-14-7-8-15-30)38(52)50-28-31(26-34(50)37(51)46-42)59-41(55)49-24-22-48(23-25-49)36-19-11-13-21-44-36/h2,9-11,13,16,18-19,21,29-31,33-34,43H,1,3-8,12,14-15,17,20,22-28H2,(H,45,54)(H,46,51)(H,47,53)/t29-,31-,33+,34+,42-/m1/s1. The summed E-state index contributed by atoms with van der Waals surface area (Å²) in [5.41, 5.74) is -1.33. The molecular weight excluding hydrogens is 793 g/mol. The van der Waals surface area contributed by atoms with Crippen molar-refractivity contribution in [3.8, 4) is 0 Å². The van der Waals surface area contributed by atoms with E-state index in [0.717, 1.165) is 57.2 Å². The van der Waals surface area contributed by atoms with Gasteiger partial charge in [0.2, 0.25) is 11.8 Å². The molecule has 0 bridgehead atoms. The quantitative estimate of drug-likeness (QED) is 0.318. The molecule has 3 aliphatic heterocycles. The number of sulfonamides is 1. The molecule has 4 N–H and O–H groups in total. The number of rotatable bonds is 5. The van der Waals surface area contributed by atoms with Crippen LogP contribution < -0.4 is 25.6 Å². The maximum Gasteiger partial charge on any atom is 0.410 e. The van der Waals surface area contributed by atoms with Crippen LogP contribution in [0.2, 0.25) is 0 Å². The molecule has 0 radical (unpaired) electrons. The minimum absolute atomic E-state index is 0.0736. The summed E-state index contributed by atoms with van der Waals surface area (Å²) >= 11 is 0. The number of carbonyl (C=O) groups is 5. The number of hydrogen-bond acceptors (Lipinski definition) is 12. The highest BCUT2D eigenvalue weighted by molar-refractivity contribution is 7.90. The number of ether oxygens (including phenoxy) is 2. The fourth-order valence-electron chi connectivity index (χ4n) is 8.72. The SMILES string of the molecule is C=C[C@@H]1C[C@@]12NC(=O)[C@@H]1C[C@@H](OC(=O)N3CCN(c4ccccn4)CC3)CN1C(=O)[C@@H](NC(=O)OC1CCCC1)CCCCCCCNc1ccccc1S(=O)(=O)NC2=O. The van der Waals surface area contributed by atoms with Crippen LogP contribution in [-0.2, 0) is 33.9 Å². The Morgan fingerprint density at radius 1 is 0.883 bits per heavy atom. The van der Waals surface area contributed by atoms with Crippen LogP contribution in [0.1, 0.15) is 77.0 Å². The van der Waals surface area contributed by atoms with Crippen LogP contribution in [0, 0.1) is 5.92 Å². The predicted octanol–water partition coefficient (Wildman–Crippen LogP) is 3.68. The number of nitrogens with one attached hydrogen (secondary N) is 4. The summed E-state index contributed by atoms with van der Waals surface area (Å²) in [6.45, 7) is 5.95. The molecule has 60 heavy (non-hydrogen) atoms. The van der Waals surface area contributed by atoms with Gasteiger partial charge >= 0.3 is 12.2 Å². The van der Waals surface area contributed by atoms with Crippen LogP contribution in [0.15, 0.2) is 66.2 Å². The molecule has 2 aliphatic carbocycles. The number of fused-ring (bicyclic) bond motifs is 2. The molecule has 7 rings (SSSR count). The zero-order chi connectivity index (χ0) is 42.3. The number of para-hydroxylation sites is 1. The van der Waals surface area contributed by atoms with Crippen molar-refractivity contribution in [2.75, 3.05) is 49.5 Å². The summed E-state index contributed by atoms with van der Waals surface area (Å²) in [4.78, 5) is 79.1. The van der Waals surface area contributed by atoms with E-state index in [2.05, 4.69) is 37.1 Å². The Morgan fingerprint density at radius 3 is 2.33 bits per heavy atom. The van der Waals surface area contributed by atoms with Gasteiger partial charge < -0.3 is 40.1 Å². The van der Waals surface area contributed by atoms with E-state index in [9.17, 15) is 32.4 Å². The lowest BCUT2D eigenvalue weighted by molar-refractivity contribution is -0.141. The summed E-state index contributed by atoms with van der Waals surface area (Å²) in [5, 5.41) is 8.76. The Balaban J connectivity index is 1.13. The van der Waals surface area contributed by atoms with Crippen molar-refractivity contribution in [2.24, 2.45) is 5.92 Å². The molecule has 4 fully saturated rings. The molecule has 1 aromatic heterocycles. The molecule has 324 valence electrons. The second kappa shape index (κ2) is 18.9. The Morgan fingerprint density at radius 2 is 1.60 bits per heavy atom. The van der Waals surface area contributed by atoms with Crippen LogP contribution in [0.4, 0.5) is 21.1 Å². The maximum atomic E-state index is 14.6. The first kappa shape index (κ1) is 42.7. The molecule has 4 heterocycles. The molecule has 18 heteroatoms. The number of piperazine rings is 1. The van der Waals surface area contributed by atoms with Gasteiger partial charge in [0.05, 0.1) is 12.2 Å². The maximum absolute atomic E-state index is 14.6. The lowest BCUT2D eigenvalue weighted by atomic mass is 10.0. The third kappa shape index (κ3) is 9.96. The van der Waals surface area contributed by atoms with E-state index in [1.165, 1.54) is 17.0 Å². The fraction of sp³-hybridized carbons (Fsp3) is 0.571. The number of aromatic nitrogens is 1. The molecule has 0 unspecified atom stereocenters. The lowest BCUT2D eigenvalue weighted by Crippen LogP contribution is -2.58. The second-order valence-electron chi connectivity index (χ2n) is 16.3. The summed E-state index contributed by atoms with van der Waals surface area (Å²) < 4.78 is 41.3. The van der Waals surface area contributed by atoms with Crippen molar-refractivity contribution in [2.45, 2.75) is 112 Å². The van der Waals surface area contributed by atoms with Crippen LogP contribution in [0.25, 0.3) is 0 Å². The van der Waals surface area contributed by atoms with Gasteiger partial charge in [-0.3, -0.25) is 14.4 Å². The first-order chi connectivity index (χ1) is 29.0. The van der Waals surface area contributed by atoms with Gasteiger partial charge in [0.1, 0.15) is 40.5 Å². The molecule has 2 aromatic rings. The number of carbonyl (C=O) groups excluding carboxylic acids is 5. The monoisotopic (exact) mass is 848 g/mol. The number of nitrogens with zero attached hydrogens (tertiary/aromatic N) is 4. The van der Waals surface area contributed by atoms with Crippen LogP contribution in [-0.4, -0.2) is 122 Å².